The highest BCUT2D eigenvalue weighted by molar-refractivity contribution is 5.73. The molecule has 2 aliphatic heterocycles. The molecular formula is C22H27N3O3. The Balaban J connectivity index is 1.27. The summed E-state index contributed by atoms with van der Waals surface area (Å²) in [6.07, 6.45) is 2.25. The summed E-state index contributed by atoms with van der Waals surface area (Å²) in [5.41, 5.74) is 1.24. The summed E-state index contributed by atoms with van der Waals surface area (Å²) in [7, 11) is 0. The number of hydrogen-bond donors (Lipinski definition) is 2. The quantitative estimate of drug-likeness (QED) is 0.808. The lowest BCUT2D eigenvalue weighted by Gasteiger charge is -2.29. The van der Waals surface area contributed by atoms with Crippen molar-refractivity contribution in [2.24, 2.45) is 0 Å². The van der Waals surface area contributed by atoms with Gasteiger partial charge >= 0.3 is 6.03 Å². The van der Waals surface area contributed by atoms with E-state index in [-0.39, 0.29) is 18.2 Å². The fourth-order valence-electron chi connectivity index (χ4n) is 3.81. The van der Waals surface area contributed by atoms with Crippen molar-refractivity contribution in [1.82, 2.24) is 15.5 Å². The Morgan fingerprint density at radius 1 is 1.00 bits per heavy atom. The number of para-hydroxylation sites is 2. The normalized spacial score (nSPS) is 19.8. The summed E-state index contributed by atoms with van der Waals surface area (Å²) in [5, 5.41) is 5.94. The molecule has 0 radical (unpaired) electrons. The molecule has 2 aromatic rings. The van der Waals surface area contributed by atoms with Crippen molar-refractivity contribution < 1.29 is 14.3 Å². The standard InChI is InChI=1S/C22H27N3O3/c26-22(23-14-18-16-27-20-10-4-5-11-21(20)28-18)24-15-19(25-12-6-7-13-25)17-8-2-1-3-9-17/h1-5,8-11,18-19H,6-7,12-16H2,(H2,23,24,26). The number of nitrogens with zero attached hydrogens (tertiary/aromatic N) is 1. The zero-order valence-electron chi connectivity index (χ0n) is 16.0. The molecule has 1 fully saturated rings. The van der Waals surface area contributed by atoms with Gasteiger partial charge in [0.15, 0.2) is 17.6 Å². The van der Waals surface area contributed by atoms with Gasteiger partial charge in [0.05, 0.1) is 12.6 Å². The van der Waals surface area contributed by atoms with Crippen LogP contribution in [0.5, 0.6) is 11.5 Å². The molecule has 0 saturated carbocycles. The number of fused-ring (bicyclic) bond motifs is 1. The van der Waals surface area contributed by atoms with Crippen LogP contribution in [0, 0.1) is 0 Å². The van der Waals surface area contributed by atoms with Gasteiger partial charge in [-0.2, -0.15) is 0 Å². The van der Waals surface area contributed by atoms with E-state index >= 15 is 0 Å². The molecule has 2 aliphatic rings. The van der Waals surface area contributed by atoms with E-state index in [2.05, 4.69) is 39.8 Å². The third kappa shape index (κ3) is 4.57. The van der Waals surface area contributed by atoms with Crippen LogP contribution in [0.25, 0.3) is 0 Å². The Morgan fingerprint density at radius 2 is 1.71 bits per heavy atom. The summed E-state index contributed by atoms with van der Waals surface area (Å²) < 4.78 is 11.6. The van der Waals surface area contributed by atoms with E-state index < -0.39 is 0 Å². The van der Waals surface area contributed by atoms with Gasteiger partial charge in [-0.1, -0.05) is 42.5 Å². The first kappa shape index (κ1) is 18.6. The largest absolute Gasteiger partial charge is 0.486 e. The van der Waals surface area contributed by atoms with E-state index in [9.17, 15) is 4.79 Å². The van der Waals surface area contributed by atoms with Crippen molar-refractivity contribution in [1.29, 1.82) is 0 Å². The zero-order chi connectivity index (χ0) is 19.2. The van der Waals surface area contributed by atoms with E-state index in [1.54, 1.807) is 0 Å². The highest BCUT2D eigenvalue weighted by Gasteiger charge is 2.24. The van der Waals surface area contributed by atoms with E-state index in [4.69, 9.17) is 9.47 Å². The van der Waals surface area contributed by atoms with Crippen molar-refractivity contribution in [3.05, 3.63) is 60.2 Å². The van der Waals surface area contributed by atoms with Crippen molar-refractivity contribution >= 4 is 6.03 Å². The van der Waals surface area contributed by atoms with Crippen molar-refractivity contribution in [3.8, 4) is 11.5 Å². The number of likely N-dealkylation sites (tertiary alicyclic amines) is 1. The molecule has 6 nitrogen and oxygen atoms in total. The van der Waals surface area contributed by atoms with Gasteiger partial charge in [-0.3, -0.25) is 4.90 Å². The van der Waals surface area contributed by atoms with Gasteiger partial charge in [0, 0.05) is 6.54 Å². The molecule has 1 saturated heterocycles. The number of ether oxygens (including phenoxy) is 2. The SMILES string of the molecule is O=C(NCC1COc2ccccc2O1)NCC(c1ccccc1)N1CCCC1. The van der Waals surface area contributed by atoms with Crippen LogP contribution in [0.2, 0.25) is 0 Å². The van der Waals surface area contributed by atoms with Crippen LogP contribution in [0.4, 0.5) is 4.79 Å². The lowest BCUT2D eigenvalue weighted by Crippen LogP contribution is -2.46. The minimum Gasteiger partial charge on any atom is -0.486 e. The number of carbonyl (C=O) groups is 1. The predicted molar refractivity (Wildman–Crippen MR) is 108 cm³/mol. The fourth-order valence-corrected chi connectivity index (χ4v) is 3.81. The smallest absolute Gasteiger partial charge is 0.314 e. The molecule has 28 heavy (non-hydrogen) atoms. The van der Waals surface area contributed by atoms with Gasteiger partial charge in [-0.15, -0.1) is 0 Å². The van der Waals surface area contributed by atoms with E-state index in [0.717, 1.165) is 24.6 Å². The average molecular weight is 381 g/mol. The van der Waals surface area contributed by atoms with Crippen LogP contribution in [0.3, 0.4) is 0 Å². The monoisotopic (exact) mass is 381 g/mol. The van der Waals surface area contributed by atoms with E-state index in [1.165, 1.54) is 18.4 Å². The van der Waals surface area contributed by atoms with Gasteiger partial charge in [0.1, 0.15) is 6.61 Å². The fraction of sp³-hybridized carbons (Fsp3) is 0.409. The molecule has 2 unspecified atom stereocenters. The topological polar surface area (TPSA) is 62.8 Å². The second-order valence-electron chi connectivity index (χ2n) is 7.26. The summed E-state index contributed by atoms with van der Waals surface area (Å²) >= 11 is 0. The number of benzene rings is 2. The maximum absolute atomic E-state index is 12.3. The first-order valence-electron chi connectivity index (χ1n) is 9.99. The van der Waals surface area contributed by atoms with Gasteiger partial charge in [0.2, 0.25) is 0 Å². The summed E-state index contributed by atoms with van der Waals surface area (Å²) in [6.45, 7) is 3.57. The molecule has 2 N–H and O–H groups in total. The molecule has 2 heterocycles. The third-order valence-electron chi connectivity index (χ3n) is 5.28. The molecule has 0 aromatic heterocycles. The van der Waals surface area contributed by atoms with Crippen molar-refractivity contribution in [3.63, 3.8) is 0 Å². The Labute approximate surface area is 165 Å². The van der Waals surface area contributed by atoms with Crippen LogP contribution in [0.1, 0.15) is 24.4 Å². The highest BCUT2D eigenvalue weighted by atomic mass is 16.6. The number of urea groups is 1. The second kappa shape index (κ2) is 8.97. The number of carbonyl (C=O) groups excluding carboxylic acids is 1. The molecule has 6 heteroatoms. The first-order chi connectivity index (χ1) is 13.8. The molecule has 0 aliphatic carbocycles. The lowest BCUT2D eigenvalue weighted by molar-refractivity contribution is 0.0917. The predicted octanol–water partition coefficient (Wildman–Crippen LogP) is 2.96. The minimum absolute atomic E-state index is 0.178. The van der Waals surface area contributed by atoms with E-state index in [1.807, 2.05) is 30.3 Å². The Kier molecular flexibility index (Phi) is 5.97. The van der Waals surface area contributed by atoms with Crippen LogP contribution in [-0.2, 0) is 0 Å². The van der Waals surface area contributed by atoms with Gasteiger partial charge < -0.3 is 20.1 Å². The molecule has 2 aromatic carbocycles. The summed E-state index contributed by atoms with van der Waals surface area (Å²) in [4.78, 5) is 14.8. The van der Waals surface area contributed by atoms with Crippen LogP contribution in [-0.4, -0.2) is 49.8 Å². The molecule has 148 valence electrons. The van der Waals surface area contributed by atoms with Gasteiger partial charge in [-0.25, -0.2) is 4.79 Å². The number of hydrogen-bond acceptors (Lipinski definition) is 4. The Hall–Kier alpha value is -2.73. The Bertz CT molecular complexity index is 778. The van der Waals surface area contributed by atoms with Crippen LogP contribution in [0.15, 0.2) is 54.6 Å². The summed E-state index contributed by atoms with van der Waals surface area (Å²) in [6, 6.07) is 18.0. The molecule has 4 rings (SSSR count). The molecule has 0 bridgehead atoms. The maximum atomic E-state index is 12.3. The summed E-state index contributed by atoms with van der Waals surface area (Å²) in [5.74, 6) is 1.47. The average Bonchev–Trinajstić information content (AvgIpc) is 3.27. The van der Waals surface area contributed by atoms with E-state index in [0.29, 0.717) is 19.7 Å². The molecular weight excluding hydrogens is 354 g/mol. The van der Waals surface area contributed by atoms with Crippen molar-refractivity contribution in [2.75, 3.05) is 32.8 Å². The lowest BCUT2D eigenvalue weighted by atomic mass is 10.1. The van der Waals surface area contributed by atoms with Gasteiger partial charge in [-0.05, 0) is 43.6 Å². The Morgan fingerprint density at radius 3 is 2.50 bits per heavy atom. The van der Waals surface area contributed by atoms with Crippen LogP contribution < -0.4 is 20.1 Å². The number of amides is 2. The molecule has 2 amide bonds. The minimum atomic E-state index is -0.191. The maximum Gasteiger partial charge on any atom is 0.314 e. The van der Waals surface area contributed by atoms with Gasteiger partial charge in [0.25, 0.3) is 0 Å². The zero-order valence-corrected chi connectivity index (χ0v) is 16.0. The number of rotatable bonds is 6. The third-order valence-corrected chi connectivity index (χ3v) is 5.28. The second-order valence-corrected chi connectivity index (χ2v) is 7.26. The highest BCUT2D eigenvalue weighted by Crippen LogP contribution is 2.30. The first-order valence-corrected chi connectivity index (χ1v) is 9.99. The molecule has 0 spiro atoms. The number of nitrogens with one attached hydrogen (secondary N) is 2. The molecule has 2 atom stereocenters. The van der Waals surface area contributed by atoms with Crippen LogP contribution >= 0.6 is 0 Å². The van der Waals surface area contributed by atoms with Crippen molar-refractivity contribution in [2.45, 2.75) is 25.0 Å².